The van der Waals surface area contributed by atoms with E-state index in [0.29, 0.717) is 0 Å². The Hall–Kier alpha value is -1.20. The molecule has 6 heteroatoms. The minimum absolute atomic E-state index is 0.331. The van der Waals surface area contributed by atoms with Crippen LogP contribution in [-0.4, -0.2) is 0 Å². The summed E-state index contributed by atoms with van der Waals surface area (Å²) >= 11 is 0. The lowest BCUT2D eigenvalue weighted by Crippen LogP contribution is -2.26. The first kappa shape index (κ1) is 17.9. The first-order valence-electron chi connectivity index (χ1n) is 6.49. The van der Waals surface area contributed by atoms with Gasteiger partial charge in [0.25, 0.3) is 0 Å². The van der Waals surface area contributed by atoms with Crippen LogP contribution in [0.4, 0.5) is 26.3 Å². The third-order valence-electron chi connectivity index (χ3n) is 3.23. The van der Waals surface area contributed by atoms with E-state index < -0.39 is 34.8 Å². The molecule has 0 aromatic heterocycles. The molecule has 0 aliphatic heterocycles. The van der Waals surface area contributed by atoms with Crippen LogP contribution in [0, 0.1) is 0 Å². The molecule has 0 unspecified atom stereocenters. The molecule has 0 fully saturated rings. The van der Waals surface area contributed by atoms with Crippen LogP contribution in [0.1, 0.15) is 62.8 Å². The largest absolute Gasteiger partial charge is 0.417 e. The van der Waals surface area contributed by atoms with Gasteiger partial charge in [0, 0.05) is 0 Å². The summed E-state index contributed by atoms with van der Waals surface area (Å²) in [4.78, 5) is 0. The Bertz CT molecular complexity index is 515. The second-order valence-corrected chi connectivity index (χ2v) is 6.35. The topological polar surface area (TPSA) is 0 Å². The van der Waals surface area contributed by atoms with E-state index in [9.17, 15) is 26.3 Å². The van der Waals surface area contributed by atoms with E-state index in [1.54, 1.807) is 0 Å². The third-order valence-corrected chi connectivity index (χ3v) is 3.23. The normalized spacial score (nSPS) is 13.9. The molecule has 21 heavy (non-hydrogen) atoms. The zero-order valence-corrected chi connectivity index (χ0v) is 12.5. The highest BCUT2D eigenvalue weighted by molar-refractivity contribution is 5.48. The lowest BCUT2D eigenvalue weighted by Gasteiger charge is -2.29. The molecule has 0 saturated carbocycles. The molecule has 0 radical (unpaired) electrons. The molecular weight excluding hydrogens is 294 g/mol. The third kappa shape index (κ3) is 3.71. The van der Waals surface area contributed by atoms with Crippen LogP contribution >= 0.6 is 0 Å². The van der Waals surface area contributed by atoms with Crippen LogP contribution in [0.15, 0.2) is 12.1 Å². The predicted molar refractivity (Wildman–Crippen MR) is 69.2 cm³/mol. The molecular formula is C15H18F6. The Morgan fingerprint density at radius 3 is 1.48 bits per heavy atom. The highest BCUT2D eigenvalue weighted by Crippen LogP contribution is 2.47. The maximum Gasteiger partial charge on any atom is 0.417 e. The molecule has 0 spiro atoms. The lowest BCUT2D eigenvalue weighted by molar-refractivity contribution is -0.163. The van der Waals surface area contributed by atoms with Gasteiger partial charge in [-0.1, -0.05) is 46.8 Å². The molecule has 120 valence electrons. The van der Waals surface area contributed by atoms with Gasteiger partial charge in [0.15, 0.2) is 0 Å². The number of alkyl halides is 6. The van der Waals surface area contributed by atoms with Gasteiger partial charge in [-0.05, 0) is 22.5 Å². The van der Waals surface area contributed by atoms with Crippen LogP contribution in [-0.2, 0) is 17.8 Å². The monoisotopic (exact) mass is 312 g/mol. The van der Waals surface area contributed by atoms with Crippen molar-refractivity contribution in [2.45, 2.75) is 58.3 Å². The van der Waals surface area contributed by atoms with Crippen molar-refractivity contribution in [2.75, 3.05) is 0 Å². The van der Waals surface area contributed by atoms with Gasteiger partial charge in [0.2, 0.25) is 0 Å². The summed E-state index contributed by atoms with van der Waals surface area (Å²) in [5.41, 5.74) is -4.83. The molecule has 0 nitrogen and oxygen atoms in total. The molecule has 1 aromatic carbocycles. The van der Waals surface area contributed by atoms with Gasteiger partial charge in [-0.2, -0.15) is 26.3 Å². The summed E-state index contributed by atoms with van der Waals surface area (Å²) in [5.74, 6) is -0.656. The summed E-state index contributed by atoms with van der Waals surface area (Å²) < 4.78 is 79.7. The molecule has 0 heterocycles. The van der Waals surface area contributed by atoms with Gasteiger partial charge in [-0.3, -0.25) is 0 Å². The Labute approximate surface area is 120 Å². The maximum absolute atomic E-state index is 13.3. The second kappa shape index (κ2) is 5.21. The van der Waals surface area contributed by atoms with Gasteiger partial charge < -0.3 is 0 Å². The molecule has 0 atom stereocenters. The van der Waals surface area contributed by atoms with E-state index in [4.69, 9.17) is 0 Å². The van der Waals surface area contributed by atoms with Crippen LogP contribution in [0.2, 0.25) is 0 Å². The van der Waals surface area contributed by atoms with E-state index in [2.05, 4.69) is 0 Å². The first-order chi connectivity index (χ1) is 9.17. The van der Waals surface area contributed by atoms with Gasteiger partial charge in [-0.25, -0.2) is 0 Å². The van der Waals surface area contributed by atoms with Crippen molar-refractivity contribution in [3.05, 3.63) is 34.4 Å². The number of benzene rings is 1. The van der Waals surface area contributed by atoms with Crippen molar-refractivity contribution < 1.29 is 26.3 Å². The number of halogens is 6. The fourth-order valence-corrected chi connectivity index (χ4v) is 2.32. The highest BCUT2D eigenvalue weighted by atomic mass is 19.4. The molecule has 0 N–H and O–H groups in total. The smallest absolute Gasteiger partial charge is 0.166 e. The quantitative estimate of drug-likeness (QED) is 0.546. The standard InChI is InChI=1S/C15H18F6/c1-8(2)9-6-7-10(13(3,4)5)12(15(19,20)21)11(9)14(16,17)18/h6-8H,1-5H3. The minimum atomic E-state index is -5.06. The van der Waals surface area contributed by atoms with E-state index in [-0.39, 0.29) is 11.1 Å². The van der Waals surface area contributed by atoms with Crippen LogP contribution in [0.25, 0.3) is 0 Å². The molecule has 0 aliphatic rings. The van der Waals surface area contributed by atoms with Gasteiger partial charge in [0.05, 0.1) is 11.1 Å². The zero-order chi connectivity index (χ0) is 16.8. The fourth-order valence-electron chi connectivity index (χ4n) is 2.32. The number of rotatable bonds is 1. The Morgan fingerprint density at radius 1 is 0.762 bits per heavy atom. The van der Waals surface area contributed by atoms with Crippen molar-refractivity contribution in [1.82, 2.24) is 0 Å². The second-order valence-electron chi connectivity index (χ2n) is 6.35. The van der Waals surface area contributed by atoms with E-state index >= 15 is 0 Å². The SMILES string of the molecule is CC(C)c1ccc(C(C)(C)C)c(C(F)(F)F)c1C(F)(F)F. The van der Waals surface area contributed by atoms with Gasteiger partial charge in [0.1, 0.15) is 0 Å². The lowest BCUT2D eigenvalue weighted by atomic mass is 9.79. The zero-order valence-electron chi connectivity index (χ0n) is 12.5. The molecule has 1 aromatic rings. The van der Waals surface area contributed by atoms with Crippen LogP contribution in [0.5, 0.6) is 0 Å². The fraction of sp³-hybridized carbons (Fsp3) is 0.600. The van der Waals surface area contributed by atoms with Gasteiger partial charge >= 0.3 is 12.4 Å². The van der Waals surface area contributed by atoms with Crippen molar-refractivity contribution >= 4 is 0 Å². The Morgan fingerprint density at radius 2 is 1.19 bits per heavy atom. The van der Waals surface area contributed by atoms with Crippen LogP contribution < -0.4 is 0 Å². The van der Waals surface area contributed by atoms with E-state index in [1.165, 1.54) is 34.6 Å². The Kier molecular flexibility index (Phi) is 4.43. The molecule has 0 aliphatic carbocycles. The number of hydrogen-bond donors (Lipinski definition) is 0. The highest BCUT2D eigenvalue weighted by Gasteiger charge is 2.48. The van der Waals surface area contributed by atoms with Crippen LogP contribution in [0.3, 0.4) is 0 Å². The summed E-state index contributed by atoms with van der Waals surface area (Å²) in [6.07, 6.45) is -10.1. The first-order valence-corrected chi connectivity index (χ1v) is 6.49. The van der Waals surface area contributed by atoms with Crippen molar-refractivity contribution in [3.63, 3.8) is 0 Å². The molecule has 1 rings (SSSR count). The minimum Gasteiger partial charge on any atom is -0.166 e. The summed E-state index contributed by atoms with van der Waals surface area (Å²) in [6, 6.07) is 2.32. The summed E-state index contributed by atoms with van der Waals surface area (Å²) in [6.45, 7) is 7.29. The van der Waals surface area contributed by atoms with E-state index in [0.717, 1.165) is 12.1 Å². The Balaban J connectivity index is 3.93. The molecule has 0 bridgehead atoms. The van der Waals surface area contributed by atoms with Crippen molar-refractivity contribution in [3.8, 4) is 0 Å². The van der Waals surface area contributed by atoms with Gasteiger partial charge in [-0.15, -0.1) is 0 Å². The predicted octanol–water partition coefficient (Wildman–Crippen LogP) is 6.15. The average molecular weight is 312 g/mol. The summed E-state index contributed by atoms with van der Waals surface area (Å²) in [5, 5.41) is 0. The van der Waals surface area contributed by atoms with E-state index in [1.807, 2.05) is 0 Å². The number of hydrogen-bond acceptors (Lipinski definition) is 0. The average Bonchev–Trinajstić information content (AvgIpc) is 2.23. The molecule has 0 amide bonds. The van der Waals surface area contributed by atoms with Crippen molar-refractivity contribution in [1.29, 1.82) is 0 Å². The summed E-state index contributed by atoms with van der Waals surface area (Å²) in [7, 11) is 0. The van der Waals surface area contributed by atoms with Crippen molar-refractivity contribution in [2.24, 2.45) is 0 Å². The maximum atomic E-state index is 13.3. The molecule has 0 saturated heterocycles.